The second-order valence-electron chi connectivity index (χ2n) is 4.86. The lowest BCUT2D eigenvalue weighted by molar-refractivity contribution is -0.125. The van der Waals surface area contributed by atoms with E-state index in [0.29, 0.717) is 0 Å². The van der Waals surface area contributed by atoms with Crippen molar-refractivity contribution in [1.29, 1.82) is 0 Å². The number of carbonyl (C=O) groups excluding carboxylic acids is 1. The second kappa shape index (κ2) is 9.34. The summed E-state index contributed by atoms with van der Waals surface area (Å²) in [7, 11) is 0. The van der Waals surface area contributed by atoms with E-state index in [1.165, 1.54) is 0 Å². The van der Waals surface area contributed by atoms with Gasteiger partial charge in [0.2, 0.25) is 5.91 Å². The van der Waals surface area contributed by atoms with E-state index in [2.05, 4.69) is 31.0 Å². The zero-order valence-electron chi connectivity index (χ0n) is 12.6. The highest BCUT2D eigenvalue weighted by Gasteiger charge is 2.33. The SMILES string of the molecule is CCCCC(CC)(NCCN(CC)CC)C(N)=O. The summed E-state index contributed by atoms with van der Waals surface area (Å²) in [5.41, 5.74) is 5.08. The van der Waals surface area contributed by atoms with Gasteiger partial charge in [-0.2, -0.15) is 0 Å². The third-order valence-electron chi connectivity index (χ3n) is 3.82. The molecule has 0 aliphatic heterocycles. The third-order valence-corrected chi connectivity index (χ3v) is 3.82. The van der Waals surface area contributed by atoms with Gasteiger partial charge < -0.3 is 16.0 Å². The number of nitrogens with two attached hydrogens (primary N) is 1. The Kier molecular flexibility index (Phi) is 9.02. The van der Waals surface area contributed by atoms with Crippen LogP contribution < -0.4 is 11.1 Å². The molecule has 0 aromatic rings. The zero-order valence-corrected chi connectivity index (χ0v) is 12.6. The first-order valence-corrected chi connectivity index (χ1v) is 7.33. The predicted molar refractivity (Wildman–Crippen MR) is 77.5 cm³/mol. The van der Waals surface area contributed by atoms with Crippen LogP contribution >= 0.6 is 0 Å². The molecule has 1 atom stereocenters. The summed E-state index contributed by atoms with van der Waals surface area (Å²) in [6, 6.07) is 0. The Balaban J connectivity index is 4.36. The third kappa shape index (κ3) is 5.36. The molecule has 0 heterocycles. The van der Waals surface area contributed by atoms with Gasteiger partial charge in [-0.1, -0.05) is 40.5 Å². The van der Waals surface area contributed by atoms with Crippen molar-refractivity contribution in [2.45, 2.75) is 58.9 Å². The minimum Gasteiger partial charge on any atom is -0.368 e. The molecule has 0 rings (SSSR count). The highest BCUT2D eigenvalue weighted by Crippen LogP contribution is 2.18. The summed E-state index contributed by atoms with van der Waals surface area (Å²) in [6.45, 7) is 12.4. The molecule has 0 aromatic carbocycles. The second-order valence-corrected chi connectivity index (χ2v) is 4.86. The molecule has 0 saturated heterocycles. The van der Waals surface area contributed by atoms with Crippen molar-refractivity contribution in [1.82, 2.24) is 10.2 Å². The van der Waals surface area contributed by atoms with Crippen LogP contribution in [0.3, 0.4) is 0 Å². The molecular weight excluding hydrogens is 226 g/mol. The van der Waals surface area contributed by atoms with Crippen LogP contribution in [-0.2, 0) is 4.79 Å². The van der Waals surface area contributed by atoms with Crippen molar-refractivity contribution in [3.05, 3.63) is 0 Å². The van der Waals surface area contributed by atoms with Gasteiger partial charge in [-0.3, -0.25) is 4.79 Å². The molecule has 0 aliphatic rings. The summed E-state index contributed by atoms with van der Waals surface area (Å²) in [5.74, 6) is -0.210. The van der Waals surface area contributed by atoms with Gasteiger partial charge in [0.15, 0.2) is 0 Å². The number of hydrogen-bond acceptors (Lipinski definition) is 3. The number of primary amides is 1. The first kappa shape index (κ1) is 17.4. The molecular formula is C14H31N3O. The molecule has 0 radical (unpaired) electrons. The average molecular weight is 257 g/mol. The van der Waals surface area contributed by atoms with E-state index in [4.69, 9.17) is 5.73 Å². The smallest absolute Gasteiger partial charge is 0.237 e. The van der Waals surface area contributed by atoms with Gasteiger partial charge >= 0.3 is 0 Å². The summed E-state index contributed by atoms with van der Waals surface area (Å²) in [6.07, 6.45) is 3.73. The molecule has 0 fully saturated rings. The Morgan fingerprint density at radius 3 is 2.22 bits per heavy atom. The number of amides is 1. The Labute approximate surface area is 112 Å². The molecule has 0 spiro atoms. The Hall–Kier alpha value is -0.610. The first-order chi connectivity index (χ1) is 8.56. The molecule has 1 unspecified atom stereocenters. The van der Waals surface area contributed by atoms with Crippen LogP contribution in [0.4, 0.5) is 0 Å². The topological polar surface area (TPSA) is 58.4 Å². The fourth-order valence-electron chi connectivity index (χ4n) is 2.25. The van der Waals surface area contributed by atoms with Crippen molar-refractivity contribution in [3.8, 4) is 0 Å². The van der Waals surface area contributed by atoms with E-state index in [1.54, 1.807) is 0 Å². The van der Waals surface area contributed by atoms with Gasteiger partial charge in [0.05, 0.1) is 5.54 Å². The molecule has 4 nitrogen and oxygen atoms in total. The highest BCUT2D eigenvalue weighted by molar-refractivity contribution is 5.84. The van der Waals surface area contributed by atoms with Crippen LogP contribution in [0.2, 0.25) is 0 Å². The molecule has 18 heavy (non-hydrogen) atoms. The van der Waals surface area contributed by atoms with Gasteiger partial charge in [-0.25, -0.2) is 0 Å². The fourth-order valence-corrected chi connectivity index (χ4v) is 2.25. The van der Waals surface area contributed by atoms with Crippen LogP contribution in [0, 0.1) is 0 Å². The van der Waals surface area contributed by atoms with Gasteiger partial charge in [-0.15, -0.1) is 0 Å². The average Bonchev–Trinajstić information content (AvgIpc) is 2.38. The lowest BCUT2D eigenvalue weighted by atomic mass is 9.89. The molecule has 3 N–H and O–H groups in total. The van der Waals surface area contributed by atoms with Crippen molar-refractivity contribution < 1.29 is 4.79 Å². The minimum absolute atomic E-state index is 0.210. The Morgan fingerprint density at radius 1 is 1.22 bits per heavy atom. The lowest BCUT2D eigenvalue weighted by Crippen LogP contribution is -2.56. The van der Waals surface area contributed by atoms with Gasteiger partial charge in [0.25, 0.3) is 0 Å². The number of carbonyl (C=O) groups is 1. The molecule has 4 heteroatoms. The van der Waals surface area contributed by atoms with Gasteiger partial charge in [0, 0.05) is 13.1 Å². The predicted octanol–water partition coefficient (Wildman–Crippen LogP) is 1.74. The highest BCUT2D eigenvalue weighted by atomic mass is 16.1. The van der Waals surface area contributed by atoms with Crippen molar-refractivity contribution >= 4 is 5.91 Å². The molecule has 1 amide bonds. The van der Waals surface area contributed by atoms with Gasteiger partial charge in [0.1, 0.15) is 0 Å². The monoisotopic (exact) mass is 257 g/mol. The molecule has 0 aliphatic carbocycles. The molecule has 108 valence electrons. The lowest BCUT2D eigenvalue weighted by Gasteiger charge is -2.32. The van der Waals surface area contributed by atoms with E-state index in [0.717, 1.165) is 51.9 Å². The normalized spacial score (nSPS) is 14.7. The first-order valence-electron chi connectivity index (χ1n) is 7.33. The summed E-state index contributed by atoms with van der Waals surface area (Å²) in [5, 5.41) is 3.40. The minimum atomic E-state index is -0.511. The summed E-state index contributed by atoms with van der Waals surface area (Å²) < 4.78 is 0. The number of unbranched alkanes of at least 4 members (excludes halogenated alkanes) is 1. The number of hydrogen-bond donors (Lipinski definition) is 2. The van der Waals surface area contributed by atoms with Gasteiger partial charge in [-0.05, 0) is 25.9 Å². The maximum absolute atomic E-state index is 11.7. The number of nitrogens with zero attached hydrogens (tertiary/aromatic N) is 1. The maximum Gasteiger partial charge on any atom is 0.237 e. The van der Waals surface area contributed by atoms with Crippen LogP contribution in [0.1, 0.15) is 53.4 Å². The van der Waals surface area contributed by atoms with E-state index in [1.807, 2.05) is 6.92 Å². The fraction of sp³-hybridized carbons (Fsp3) is 0.929. The van der Waals surface area contributed by atoms with Crippen LogP contribution in [0.5, 0.6) is 0 Å². The number of rotatable bonds is 11. The van der Waals surface area contributed by atoms with E-state index in [9.17, 15) is 4.79 Å². The Bertz CT molecular complexity index is 229. The standard InChI is InChI=1S/C14H31N3O/c1-5-9-10-14(6-2,13(15)18)16-11-12-17(7-3)8-4/h16H,5-12H2,1-4H3,(H2,15,18). The zero-order chi connectivity index (χ0) is 14.0. The quantitative estimate of drug-likeness (QED) is 0.593. The van der Waals surface area contributed by atoms with Crippen molar-refractivity contribution in [2.24, 2.45) is 5.73 Å². The maximum atomic E-state index is 11.7. The summed E-state index contributed by atoms with van der Waals surface area (Å²) in [4.78, 5) is 14.1. The van der Waals surface area contributed by atoms with Crippen molar-refractivity contribution in [2.75, 3.05) is 26.2 Å². The van der Waals surface area contributed by atoms with Crippen LogP contribution in [0.15, 0.2) is 0 Å². The van der Waals surface area contributed by atoms with Crippen LogP contribution in [-0.4, -0.2) is 42.5 Å². The van der Waals surface area contributed by atoms with E-state index >= 15 is 0 Å². The molecule has 0 aromatic heterocycles. The number of likely N-dealkylation sites (N-methyl/N-ethyl adjacent to an activating group) is 1. The largest absolute Gasteiger partial charge is 0.368 e. The number of nitrogens with one attached hydrogen (secondary N) is 1. The van der Waals surface area contributed by atoms with E-state index < -0.39 is 5.54 Å². The Morgan fingerprint density at radius 2 is 1.83 bits per heavy atom. The molecule has 0 saturated carbocycles. The van der Waals surface area contributed by atoms with E-state index in [-0.39, 0.29) is 5.91 Å². The molecule has 0 bridgehead atoms. The van der Waals surface area contributed by atoms with Crippen molar-refractivity contribution in [3.63, 3.8) is 0 Å². The summed E-state index contributed by atoms with van der Waals surface area (Å²) >= 11 is 0. The van der Waals surface area contributed by atoms with Crippen LogP contribution in [0.25, 0.3) is 0 Å².